The van der Waals surface area contributed by atoms with Crippen molar-refractivity contribution in [3.8, 4) is 0 Å². The Kier molecular flexibility index (Phi) is 5.31. The molecule has 1 aromatic carbocycles. The van der Waals surface area contributed by atoms with Crippen LogP contribution in [0.2, 0.25) is 0 Å². The minimum Gasteiger partial charge on any atom is -0.296 e. The van der Waals surface area contributed by atoms with Gasteiger partial charge in [-0.2, -0.15) is 0 Å². The molecule has 0 bridgehead atoms. The van der Waals surface area contributed by atoms with Gasteiger partial charge in [-0.1, -0.05) is 35.2 Å². The van der Waals surface area contributed by atoms with Crippen molar-refractivity contribution in [2.75, 3.05) is 5.32 Å². The van der Waals surface area contributed by atoms with Crippen LogP contribution >= 0.6 is 23.1 Å². The molecule has 1 amide bonds. The highest BCUT2D eigenvalue weighted by Crippen LogP contribution is 2.29. The topological polar surface area (TPSA) is 111 Å². The molecule has 3 aromatic rings. The fourth-order valence-electron chi connectivity index (χ4n) is 1.85. The number of hydrogen-bond acceptors (Lipinski definition) is 8. The van der Waals surface area contributed by atoms with Crippen molar-refractivity contribution in [1.82, 2.24) is 15.2 Å². The molecular formula is C15H11N5O3S2. The predicted molar refractivity (Wildman–Crippen MR) is 94.8 cm³/mol. The van der Waals surface area contributed by atoms with E-state index in [1.165, 1.54) is 35.2 Å². The van der Waals surface area contributed by atoms with Crippen molar-refractivity contribution < 1.29 is 9.72 Å². The number of non-ortho nitro benzene ring substituents is 1. The molecule has 3 rings (SSSR count). The van der Waals surface area contributed by atoms with Crippen molar-refractivity contribution in [2.45, 2.75) is 10.1 Å². The average Bonchev–Trinajstić information content (AvgIpc) is 3.08. The number of aromatic nitrogens is 3. The molecule has 0 aliphatic rings. The third-order valence-corrected chi connectivity index (χ3v) is 5.12. The Morgan fingerprint density at radius 2 is 1.88 bits per heavy atom. The Morgan fingerprint density at radius 3 is 2.56 bits per heavy atom. The first-order valence-corrected chi connectivity index (χ1v) is 8.83. The third-order valence-electron chi connectivity index (χ3n) is 3.08. The number of pyridine rings is 1. The van der Waals surface area contributed by atoms with E-state index in [0.29, 0.717) is 20.8 Å². The summed E-state index contributed by atoms with van der Waals surface area (Å²) < 4.78 is 0.698. The summed E-state index contributed by atoms with van der Waals surface area (Å²) in [5, 5.41) is 21.7. The molecule has 0 fully saturated rings. The maximum absolute atomic E-state index is 12.0. The molecule has 0 unspecified atom stereocenters. The molecule has 2 heterocycles. The number of nitro benzene ring substituents is 1. The molecular weight excluding hydrogens is 362 g/mol. The Bertz CT molecular complexity index is 884. The van der Waals surface area contributed by atoms with E-state index < -0.39 is 4.92 Å². The molecule has 0 atom stereocenters. The first-order valence-electron chi connectivity index (χ1n) is 7.03. The van der Waals surface area contributed by atoms with Crippen LogP contribution in [0, 0.1) is 10.1 Å². The molecule has 25 heavy (non-hydrogen) atoms. The van der Waals surface area contributed by atoms with Crippen LogP contribution in [0.25, 0.3) is 0 Å². The molecule has 8 nitrogen and oxygen atoms in total. The molecule has 0 saturated carbocycles. The molecule has 10 heteroatoms. The highest BCUT2D eigenvalue weighted by Gasteiger charge is 2.11. The van der Waals surface area contributed by atoms with E-state index >= 15 is 0 Å². The molecule has 0 spiro atoms. The number of nitro groups is 1. The number of carbonyl (C=O) groups excluding carboxylic acids is 1. The number of thioether (sulfide) groups is 1. The summed E-state index contributed by atoms with van der Waals surface area (Å²) >= 11 is 2.71. The highest BCUT2D eigenvalue weighted by atomic mass is 32.2. The van der Waals surface area contributed by atoms with Crippen molar-refractivity contribution in [1.29, 1.82) is 0 Å². The van der Waals surface area contributed by atoms with Gasteiger partial charge in [-0.05, 0) is 17.7 Å². The lowest BCUT2D eigenvalue weighted by Gasteiger charge is -1.99. The van der Waals surface area contributed by atoms with Gasteiger partial charge in [0.15, 0.2) is 4.34 Å². The van der Waals surface area contributed by atoms with E-state index in [0.717, 1.165) is 5.56 Å². The lowest BCUT2D eigenvalue weighted by molar-refractivity contribution is -0.384. The van der Waals surface area contributed by atoms with Crippen molar-refractivity contribution >= 4 is 39.8 Å². The van der Waals surface area contributed by atoms with Crippen LogP contribution in [-0.4, -0.2) is 26.0 Å². The van der Waals surface area contributed by atoms with Crippen molar-refractivity contribution in [3.05, 3.63) is 70.0 Å². The molecule has 0 radical (unpaired) electrons. The maximum atomic E-state index is 12.0. The summed E-state index contributed by atoms with van der Waals surface area (Å²) in [4.78, 5) is 26.1. The summed E-state index contributed by atoms with van der Waals surface area (Å²) in [6, 6.07) is 9.57. The molecule has 2 aromatic heterocycles. The van der Waals surface area contributed by atoms with Gasteiger partial charge in [0.2, 0.25) is 5.13 Å². The van der Waals surface area contributed by atoms with Crippen LogP contribution in [-0.2, 0) is 5.75 Å². The van der Waals surface area contributed by atoms with E-state index in [-0.39, 0.29) is 11.6 Å². The summed E-state index contributed by atoms with van der Waals surface area (Å²) in [5.74, 6) is 0.329. The fraction of sp³-hybridized carbons (Fsp3) is 0.0667. The Labute approximate surface area is 150 Å². The largest absolute Gasteiger partial charge is 0.296 e. The zero-order chi connectivity index (χ0) is 17.6. The highest BCUT2D eigenvalue weighted by molar-refractivity contribution is 8.00. The Hall–Kier alpha value is -2.85. The number of nitrogens with zero attached hydrogens (tertiary/aromatic N) is 4. The first kappa shape index (κ1) is 17.0. The SMILES string of the molecule is O=C(Nc1nnc(SCc2ccc([N+](=O)[O-])cc2)s1)c1ccncc1. The van der Waals surface area contributed by atoms with E-state index in [2.05, 4.69) is 20.5 Å². The number of amides is 1. The number of nitrogens with one attached hydrogen (secondary N) is 1. The second kappa shape index (κ2) is 7.81. The molecule has 0 aliphatic carbocycles. The summed E-state index contributed by atoms with van der Waals surface area (Å²) in [7, 11) is 0. The van der Waals surface area contributed by atoms with Crippen LogP contribution < -0.4 is 5.32 Å². The van der Waals surface area contributed by atoms with Gasteiger partial charge in [-0.25, -0.2) is 0 Å². The van der Waals surface area contributed by atoms with Gasteiger partial charge in [-0.3, -0.25) is 25.2 Å². The molecule has 126 valence electrons. The Morgan fingerprint density at radius 1 is 1.16 bits per heavy atom. The van der Waals surface area contributed by atoms with Gasteiger partial charge in [0, 0.05) is 35.8 Å². The lowest BCUT2D eigenvalue weighted by Crippen LogP contribution is -2.11. The van der Waals surface area contributed by atoms with Crippen LogP contribution in [0.15, 0.2) is 53.1 Å². The van der Waals surface area contributed by atoms with Gasteiger partial charge in [0.1, 0.15) is 0 Å². The smallest absolute Gasteiger partial charge is 0.269 e. The van der Waals surface area contributed by atoms with Crippen LogP contribution in [0.5, 0.6) is 0 Å². The molecule has 1 N–H and O–H groups in total. The third kappa shape index (κ3) is 4.58. The van der Waals surface area contributed by atoms with Crippen molar-refractivity contribution in [3.63, 3.8) is 0 Å². The van der Waals surface area contributed by atoms with Gasteiger partial charge in [0.25, 0.3) is 11.6 Å². The fourth-order valence-corrected chi connectivity index (χ4v) is 3.55. The predicted octanol–water partition coefficient (Wildman–Crippen LogP) is 3.39. The van der Waals surface area contributed by atoms with Gasteiger partial charge in [-0.15, -0.1) is 10.2 Å². The summed E-state index contributed by atoms with van der Waals surface area (Å²) in [6.07, 6.45) is 3.08. The average molecular weight is 373 g/mol. The van der Waals surface area contributed by atoms with E-state index in [1.54, 1.807) is 36.7 Å². The summed E-state index contributed by atoms with van der Waals surface area (Å²) in [6.45, 7) is 0. The normalized spacial score (nSPS) is 10.4. The number of anilines is 1. The van der Waals surface area contributed by atoms with E-state index in [1.807, 2.05) is 0 Å². The summed E-state index contributed by atoms with van der Waals surface area (Å²) in [5.41, 5.74) is 1.49. The first-order chi connectivity index (χ1) is 12.1. The monoisotopic (exact) mass is 373 g/mol. The van der Waals surface area contributed by atoms with E-state index in [4.69, 9.17) is 0 Å². The van der Waals surface area contributed by atoms with Gasteiger partial charge in [0.05, 0.1) is 4.92 Å². The lowest BCUT2D eigenvalue weighted by atomic mass is 10.2. The number of hydrogen-bond donors (Lipinski definition) is 1. The van der Waals surface area contributed by atoms with Gasteiger partial charge >= 0.3 is 0 Å². The quantitative estimate of drug-likeness (QED) is 0.305. The molecule has 0 aliphatic heterocycles. The number of benzene rings is 1. The van der Waals surface area contributed by atoms with Crippen molar-refractivity contribution in [2.24, 2.45) is 0 Å². The number of carbonyl (C=O) groups is 1. The standard InChI is InChI=1S/C15H11N5O3S2/c21-13(11-5-7-16-8-6-11)17-14-18-19-15(25-14)24-9-10-1-3-12(4-2-10)20(22)23/h1-8H,9H2,(H,17,18,21). The van der Waals surface area contributed by atoms with E-state index in [9.17, 15) is 14.9 Å². The van der Waals surface area contributed by atoms with Crippen LogP contribution in [0.1, 0.15) is 15.9 Å². The zero-order valence-electron chi connectivity index (χ0n) is 12.7. The maximum Gasteiger partial charge on any atom is 0.269 e. The second-order valence-electron chi connectivity index (χ2n) is 4.78. The Balaban J connectivity index is 1.56. The van der Waals surface area contributed by atoms with Crippen LogP contribution in [0.4, 0.5) is 10.8 Å². The molecule has 0 saturated heterocycles. The number of rotatable bonds is 6. The zero-order valence-corrected chi connectivity index (χ0v) is 14.3. The minimum absolute atomic E-state index is 0.0609. The second-order valence-corrected chi connectivity index (χ2v) is 6.98. The minimum atomic E-state index is -0.431. The van der Waals surface area contributed by atoms with Gasteiger partial charge < -0.3 is 0 Å². The van der Waals surface area contributed by atoms with Crippen LogP contribution in [0.3, 0.4) is 0 Å².